The first kappa shape index (κ1) is 14.3. The summed E-state index contributed by atoms with van der Waals surface area (Å²) in [5.41, 5.74) is 3.48. The molecule has 0 spiro atoms. The zero-order chi connectivity index (χ0) is 15.7. The maximum Gasteiger partial charge on any atom is 0.254 e. The predicted molar refractivity (Wildman–Crippen MR) is 85.7 cm³/mol. The van der Waals surface area contributed by atoms with E-state index in [1.165, 1.54) is 0 Å². The van der Waals surface area contributed by atoms with Crippen molar-refractivity contribution in [2.45, 2.75) is 20.4 Å². The van der Waals surface area contributed by atoms with E-state index in [4.69, 9.17) is 4.42 Å². The molecule has 4 nitrogen and oxygen atoms in total. The third-order valence-corrected chi connectivity index (χ3v) is 3.64. The summed E-state index contributed by atoms with van der Waals surface area (Å²) in [6.07, 6.45) is 1.61. The number of pyridine rings is 1. The Bertz CT molecular complexity index is 822. The lowest BCUT2D eigenvalue weighted by Crippen LogP contribution is -2.26. The molecular formula is C18H18N2O2. The van der Waals surface area contributed by atoms with Gasteiger partial charge in [0.25, 0.3) is 5.91 Å². The predicted octanol–water partition coefficient (Wildman–Crippen LogP) is 3.72. The molecule has 0 saturated heterocycles. The number of fused-ring (bicyclic) bond motifs is 1. The zero-order valence-electron chi connectivity index (χ0n) is 13.0. The van der Waals surface area contributed by atoms with Crippen molar-refractivity contribution in [3.8, 4) is 0 Å². The van der Waals surface area contributed by atoms with Crippen molar-refractivity contribution in [2.75, 3.05) is 7.05 Å². The number of benzene rings is 1. The third kappa shape index (κ3) is 2.72. The Morgan fingerprint density at radius 1 is 1.23 bits per heavy atom. The minimum absolute atomic E-state index is 0.0301. The van der Waals surface area contributed by atoms with E-state index in [0.717, 1.165) is 27.9 Å². The fourth-order valence-electron chi connectivity index (χ4n) is 2.56. The molecule has 0 aliphatic carbocycles. The summed E-state index contributed by atoms with van der Waals surface area (Å²) in [5.74, 6) is 0.736. The minimum atomic E-state index is -0.0301. The van der Waals surface area contributed by atoms with Gasteiger partial charge in [0.2, 0.25) is 0 Å². The van der Waals surface area contributed by atoms with E-state index >= 15 is 0 Å². The molecule has 3 rings (SSSR count). The van der Waals surface area contributed by atoms with Crippen LogP contribution in [0.1, 0.15) is 27.4 Å². The molecule has 2 heterocycles. The standard InChI is InChI=1S/C18H18N2O2/c1-12-6-7-17-15(9-12)16(10-13(2)19-17)18(21)20(3)11-14-5-4-8-22-14/h4-10H,11H2,1-3H3. The molecule has 0 bridgehead atoms. The highest BCUT2D eigenvalue weighted by Crippen LogP contribution is 2.21. The summed E-state index contributed by atoms with van der Waals surface area (Å²) in [6.45, 7) is 4.36. The van der Waals surface area contributed by atoms with Crippen LogP contribution in [0.5, 0.6) is 0 Å². The van der Waals surface area contributed by atoms with Crippen molar-refractivity contribution in [1.29, 1.82) is 0 Å². The highest BCUT2D eigenvalue weighted by atomic mass is 16.3. The number of amides is 1. The summed E-state index contributed by atoms with van der Waals surface area (Å²) in [6, 6.07) is 11.5. The molecule has 4 heteroatoms. The number of nitrogens with zero attached hydrogens (tertiary/aromatic N) is 2. The lowest BCUT2D eigenvalue weighted by atomic mass is 10.0. The average molecular weight is 294 g/mol. The van der Waals surface area contributed by atoms with Gasteiger partial charge in [-0.05, 0) is 44.2 Å². The van der Waals surface area contributed by atoms with Gasteiger partial charge in [-0.2, -0.15) is 0 Å². The minimum Gasteiger partial charge on any atom is -0.467 e. The molecule has 0 aliphatic heterocycles. The summed E-state index contributed by atoms with van der Waals surface area (Å²) >= 11 is 0. The van der Waals surface area contributed by atoms with Crippen LogP contribution >= 0.6 is 0 Å². The van der Waals surface area contributed by atoms with E-state index in [1.54, 1.807) is 18.2 Å². The van der Waals surface area contributed by atoms with Crippen LogP contribution in [0.15, 0.2) is 47.1 Å². The summed E-state index contributed by atoms with van der Waals surface area (Å²) in [4.78, 5) is 19.0. The monoisotopic (exact) mass is 294 g/mol. The molecule has 22 heavy (non-hydrogen) atoms. The molecule has 0 saturated carbocycles. The van der Waals surface area contributed by atoms with Gasteiger partial charge in [0, 0.05) is 18.1 Å². The lowest BCUT2D eigenvalue weighted by Gasteiger charge is -2.17. The molecule has 112 valence electrons. The molecule has 0 radical (unpaired) electrons. The zero-order valence-corrected chi connectivity index (χ0v) is 13.0. The van der Waals surface area contributed by atoms with Crippen molar-refractivity contribution in [1.82, 2.24) is 9.88 Å². The smallest absolute Gasteiger partial charge is 0.254 e. The van der Waals surface area contributed by atoms with Crippen molar-refractivity contribution in [3.05, 3.63) is 65.2 Å². The first-order valence-corrected chi connectivity index (χ1v) is 7.20. The molecule has 0 atom stereocenters. The van der Waals surface area contributed by atoms with Gasteiger partial charge in [-0.1, -0.05) is 11.6 Å². The van der Waals surface area contributed by atoms with Crippen LogP contribution in [0.4, 0.5) is 0 Å². The molecule has 1 amide bonds. The highest BCUT2D eigenvalue weighted by molar-refractivity contribution is 6.06. The largest absolute Gasteiger partial charge is 0.467 e. The Kier molecular flexibility index (Phi) is 3.67. The van der Waals surface area contributed by atoms with Crippen molar-refractivity contribution >= 4 is 16.8 Å². The van der Waals surface area contributed by atoms with Crippen molar-refractivity contribution in [3.63, 3.8) is 0 Å². The fraction of sp³-hybridized carbons (Fsp3) is 0.222. The number of carbonyl (C=O) groups is 1. The number of rotatable bonds is 3. The first-order chi connectivity index (χ1) is 10.5. The number of aromatic nitrogens is 1. The molecule has 1 aromatic carbocycles. The molecule has 0 aliphatic rings. The van der Waals surface area contributed by atoms with E-state index in [1.807, 2.05) is 50.2 Å². The van der Waals surface area contributed by atoms with Crippen LogP contribution in [-0.4, -0.2) is 22.8 Å². The van der Waals surface area contributed by atoms with E-state index in [-0.39, 0.29) is 5.91 Å². The second-order valence-corrected chi connectivity index (χ2v) is 5.57. The van der Waals surface area contributed by atoms with Gasteiger partial charge in [0.05, 0.1) is 23.9 Å². The topological polar surface area (TPSA) is 46.3 Å². The number of hydrogen-bond donors (Lipinski definition) is 0. The van der Waals surface area contributed by atoms with Gasteiger partial charge in [-0.15, -0.1) is 0 Å². The number of aryl methyl sites for hydroxylation is 2. The number of carbonyl (C=O) groups excluding carboxylic acids is 1. The van der Waals surface area contributed by atoms with Gasteiger partial charge in [-0.25, -0.2) is 0 Å². The third-order valence-electron chi connectivity index (χ3n) is 3.64. The van der Waals surface area contributed by atoms with Crippen LogP contribution in [0.25, 0.3) is 10.9 Å². The second kappa shape index (κ2) is 5.64. The molecule has 2 aromatic heterocycles. The normalized spacial score (nSPS) is 10.9. The first-order valence-electron chi connectivity index (χ1n) is 7.20. The lowest BCUT2D eigenvalue weighted by molar-refractivity contribution is 0.0777. The number of furan rings is 1. The van der Waals surface area contributed by atoms with E-state index in [2.05, 4.69) is 4.98 Å². The van der Waals surface area contributed by atoms with Crippen LogP contribution in [0.2, 0.25) is 0 Å². The van der Waals surface area contributed by atoms with Crippen LogP contribution in [0.3, 0.4) is 0 Å². The van der Waals surface area contributed by atoms with Gasteiger partial charge < -0.3 is 9.32 Å². The van der Waals surface area contributed by atoms with Gasteiger partial charge in [0.15, 0.2) is 0 Å². The van der Waals surface area contributed by atoms with Crippen LogP contribution in [-0.2, 0) is 6.54 Å². The Morgan fingerprint density at radius 2 is 2.05 bits per heavy atom. The molecule has 3 aromatic rings. The Hall–Kier alpha value is -2.62. The van der Waals surface area contributed by atoms with Crippen LogP contribution in [0, 0.1) is 13.8 Å². The highest BCUT2D eigenvalue weighted by Gasteiger charge is 2.17. The molecule has 0 N–H and O–H groups in total. The summed E-state index contributed by atoms with van der Waals surface area (Å²) in [7, 11) is 1.78. The Labute approximate surface area is 129 Å². The summed E-state index contributed by atoms with van der Waals surface area (Å²) in [5, 5.41) is 0.891. The Morgan fingerprint density at radius 3 is 2.77 bits per heavy atom. The SMILES string of the molecule is Cc1ccc2nc(C)cc(C(=O)N(C)Cc3ccco3)c2c1. The Balaban J connectivity index is 2.01. The molecular weight excluding hydrogens is 276 g/mol. The van der Waals surface area contributed by atoms with Gasteiger partial charge in [-0.3, -0.25) is 9.78 Å². The van der Waals surface area contributed by atoms with E-state index < -0.39 is 0 Å². The fourth-order valence-corrected chi connectivity index (χ4v) is 2.56. The van der Waals surface area contributed by atoms with E-state index in [0.29, 0.717) is 12.1 Å². The van der Waals surface area contributed by atoms with E-state index in [9.17, 15) is 4.79 Å². The number of hydrogen-bond acceptors (Lipinski definition) is 3. The second-order valence-electron chi connectivity index (χ2n) is 5.57. The summed E-state index contributed by atoms with van der Waals surface area (Å²) < 4.78 is 5.31. The van der Waals surface area contributed by atoms with Crippen molar-refractivity contribution in [2.24, 2.45) is 0 Å². The van der Waals surface area contributed by atoms with Crippen LogP contribution < -0.4 is 0 Å². The average Bonchev–Trinajstić information content (AvgIpc) is 2.99. The maximum atomic E-state index is 12.8. The molecule has 0 unspecified atom stereocenters. The van der Waals surface area contributed by atoms with Crippen molar-refractivity contribution < 1.29 is 9.21 Å². The maximum absolute atomic E-state index is 12.8. The molecule has 0 fully saturated rings. The quantitative estimate of drug-likeness (QED) is 0.739. The van der Waals surface area contributed by atoms with Gasteiger partial charge in [0.1, 0.15) is 5.76 Å². The van der Waals surface area contributed by atoms with Gasteiger partial charge >= 0.3 is 0 Å².